The molecule has 1 amide bonds. The van der Waals surface area contributed by atoms with Gasteiger partial charge in [-0.15, -0.1) is 0 Å². The van der Waals surface area contributed by atoms with Gasteiger partial charge in [0.15, 0.2) is 16.4 Å². The summed E-state index contributed by atoms with van der Waals surface area (Å²) in [6, 6.07) is 18.1. The van der Waals surface area contributed by atoms with Gasteiger partial charge in [-0.3, -0.25) is 4.79 Å². The maximum absolute atomic E-state index is 12.0. The van der Waals surface area contributed by atoms with Crippen LogP contribution in [0.1, 0.15) is 12.0 Å². The van der Waals surface area contributed by atoms with Crippen molar-refractivity contribution in [3.05, 3.63) is 66.2 Å². The summed E-state index contributed by atoms with van der Waals surface area (Å²) in [6.07, 6.45) is 0.381. The van der Waals surface area contributed by atoms with E-state index in [2.05, 4.69) is 5.32 Å². The van der Waals surface area contributed by atoms with Crippen LogP contribution in [0, 0.1) is 0 Å². The van der Waals surface area contributed by atoms with Gasteiger partial charge in [0.25, 0.3) is 5.91 Å². The lowest BCUT2D eigenvalue weighted by molar-refractivity contribution is -0.123. The maximum atomic E-state index is 12.0. The number of sulfone groups is 1. The minimum atomic E-state index is -3.17. The molecule has 0 aromatic heterocycles. The van der Waals surface area contributed by atoms with E-state index in [0.29, 0.717) is 18.7 Å². The largest absolute Gasteiger partial charge is 0.484 e. The molecule has 2 aromatic carbocycles. The fourth-order valence-corrected chi connectivity index (χ4v) is 3.57. The number of amides is 1. The molecule has 128 valence electrons. The van der Waals surface area contributed by atoms with Gasteiger partial charge in [0, 0.05) is 6.54 Å². The summed E-state index contributed by atoms with van der Waals surface area (Å²) in [4.78, 5) is 11.6. The van der Waals surface area contributed by atoms with E-state index < -0.39 is 9.84 Å². The molecular weight excluding hydrogens is 326 g/mol. The van der Waals surface area contributed by atoms with Crippen LogP contribution in [-0.2, 0) is 20.4 Å². The molecule has 5 nitrogen and oxygen atoms in total. The van der Waals surface area contributed by atoms with E-state index in [9.17, 15) is 13.2 Å². The fourth-order valence-electron chi connectivity index (χ4n) is 2.14. The van der Waals surface area contributed by atoms with Crippen molar-refractivity contribution in [1.82, 2.24) is 5.32 Å². The quantitative estimate of drug-likeness (QED) is 0.706. The van der Waals surface area contributed by atoms with Crippen LogP contribution in [0.3, 0.4) is 0 Å². The number of nitrogens with one attached hydrogen (secondary N) is 1. The SMILES string of the molecule is O=C(COc1ccccc1)NCCCS(=O)(=O)Cc1ccccc1. The van der Waals surface area contributed by atoms with Gasteiger partial charge in [0.05, 0.1) is 11.5 Å². The van der Waals surface area contributed by atoms with Crippen LogP contribution >= 0.6 is 0 Å². The summed E-state index contributed by atoms with van der Waals surface area (Å²) in [5.41, 5.74) is 0.776. The van der Waals surface area contributed by atoms with Crippen molar-refractivity contribution in [2.45, 2.75) is 12.2 Å². The van der Waals surface area contributed by atoms with Crippen LogP contribution < -0.4 is 10.1 Å². The van der Waals surface area contributed by atoms with Crippen molar-refractivity contribution in [3.8, 4) is 5.75 Å². The number of carbonyl (C=O) groups excluding carboxylic acids is 1. The molecule has 0 saturated carbocycles. The highest BCUT2D eigenvalue weighted by molar-refractivity contribution is 7.90. The molecule has 0 unspecified atom stereocenters. The molecule has 0 heterocycles. The monoisotopic (exact) mass is 347 g/mol. The summed E-state index contributed by atoms with van der Waals surface area (Å²) in [5, 5.41) is 2.66. The summed E-state index contributed by atoms with van der Waals surface area (Å²) in [6.45, 7) is 0.228. The molecule has 2 aromatic rings. The molecule has 0 atom stereocenters. The molecule has 0 spiro atoms. The van der Waals surface area contributed by atoms with Gasteiger partial charge >= 0.3 is 0 Å². The zero-order valence-corrected chi connectivity index (χ0v) is 14.2. The van der Waals surface area contributed by atoms with E-state index in [0.717, 1.165) is 5.56 Å². The van der Waals surface area contributed by atoms with E-state index in [1.54, 1.807) is 24.3 Å². The van der Waals surface area contributed by atoms with Crippen molar-refractivity contribution in [3.63, 3.8) is 0 Å². The Kier molecular flexibility index (Phi) is 6.81. The third-order valence-corrected chi connectivity index (χ3v) is 4.98. The molecular formula is C18H21NO4S. The first kappa shape index (κ1) is 18.0. The Balaban J connectivity index is 1.64. The van der Waals surface area contributed by atoms with E-state index in [-0.39, 0.29) is 24.0 Å². The van der Waals surface area contributed by atoms with E-state index in [4.69, 9.17) is 4.74 Å². The highest BCUT2D eigenvalue weighted by Gasteiger charge is 2.12. The Morgan fingerprint density at radius 1 is 0.958 bits per heavy atom. The van der Waals surface area contributed by atoms with Crippen molar-refractivity contribution in [2.75, 3.05) is 18.9 Å². The Hall–Kier alpha value is -2.34. The first-order valence-electron chi connectivity index (χ1n) is 7.74. The van der Waals surface area contributed by atoms with Crippen molar-refractivity contribution >= 4 is 15.7 Å². The summed E-state index contributed by atoms with van der Waals surface area (Å²) in [7, 11) is -3.17. The van der Waals surface area contributed by atoms with Gasteiger partial charge in [-0.2, -0.15) is 0 Å². The Morgan fingerprint density at radius 2 is 1.58 bits per heavy atom. The second kappa shape index (κ2) is 9.08. The van der Waals surface area contributed by atoms with Crippen LogP contribution in [-0.4, -0.2) is 33.2 Å². The molecule has 0 fully saturated rings. The number of benzene rings is 2. The Morgan fingerprint density at radius 3 is 2.25 bits per heavy atom. The molecule has 0 aliphatic rings. The number of para-hydroxylation sites is 1. The summed E-state index contributed by atoms with van der Waals surface area (Å²) >= 11 is 0. The molecule has 0 saturated heterocycles. The van der Waals surface area contributed by atoms with Crippen molar-refractivity contribution in [1.29, 1.82) is 0 Å². The number of hydrogen-bond acceptors (Lipinski definition) is 4. The van der Waals surface area contributed by atoms with Gasteiger partial charge in [-0.25, -0.2) is 8.42 Å². The molecule has 0 aliphatic carbocycles. The minimum absolute atomic E-state index is 0.0267. The number of rotatable bonds is 9. The molecule has 6 heteroatoms. The van der Waals surface area contributed by atoms with Crippen molar-refractivity contribution in [2.24, 2.45) is 0 Å². The third kappa shape index (κ3) is 6.83. The van der Waals surface area contributed by atoms with Crippen LogP contribution in [0.4, 0.5) is 0 Å². The maximum Gasteiger partial charge on any atom is 0.257 e. The molecule has 2 rings (SSSR count). The van der Waals surface area contributed by atoms with Gasteiger partial charge in [-0.05, 0) is 24.1 Å². The second-order valence-corrected chi connectivity index (χ2v) is 7.57. The number of ether oxygens (including phenoxy) is 1. The molecule has 1 N–H and O–H groups in total. The topological polar surface area (TPSA) is 72.5 Å². The second-order valence-electron chi connectivity index (χ2n) is 5.38. The predicted octanol–water partition coefficient (Wildman–Crippen LogP) is 2.19. The Bertz CT molecular complexity index is 730. The minimum Gasteiger partial charge on any atom is -0.484 e. The molecule has 0 radical (unpaired) electrons. The van der Waals surface area contributed by atoms with E-state index in [1.807, 2.05) is 36.4 Å². The lowest BCUT2D eigenvalue weighted by atomic mass is 10.2. The number of carbonyl (C=O) groups is 1. The molecule has 0 bridgehead atoms. The van der Waals surface area contributed by atoms with Gasteiger partial charge in [0.1, 0.15) is 5.75 Å². The van der Waals surface area contributed by atoms with Gasteiger partial charge in [0.2, 0.25) is 0 Å². The van der Waals surface area contributed by atoms with E-state index in [1.165, 1.54) is 0 Å². The first-order valence-corrected chi connectivity index (χ1v) is 9.56. The third-order valence-electron chi connectivity index (χ3n) is 3.30. The standard InChI is InChI=1S/C18H21NO4S/c20-18(14-23-17-10-5-2-6-11-17)19-12-7-13-24(21,22)15-16-8-3-1-4-9-16/h1-6,8-11H,7,12-15H2,(H,19,20). The van der Waals surface area contributed by atoms with Gasteiger partial charge < -0.3 is 10.1 Å². The normalized spacial score (nSPS) is 11.0. The van der Waals surface area contributed by atoms with E-state index >= 15 is 0 Å². The summed E-state index contributed by atoms with van der Waals surface area (Å²) in [5.74, 6) is 0.429. The van der Waals surface area contributed by atoms with Crippen LogP contribution in [0.25, 0.3) is 0 Å². The lowest BCUT2D eigenvalue weighted by Gasteiger charge is -2.08. The van der Waals surface area contributed by atoms with Crippen LogP contribution in [0.2, 0.25) is 0 Å². The Labute approximate surface area is 142 Å². The number of hydrogen-bond donors (Lipinski definition) is 1. The van der Waals surface area contributed by atoms with Crippen LogP contribution in [0.15, 0.2) is 60.7 Å². The van der Waals surface area contributed by atoms with Crippen molar-refractivity contribution < 1.29 is 17.9 Å². The molecule has 0 aliphatic heterocycles. The smallest absolute Gasteiger partial charge is 0.257 e. The fraction of sp³-hybridized carbons (Fsp3) is 0.278. The van der Waals surface area contributed by atoms with Crippen LogP contribution in [0.5, 0.6) is 5.75 Å². The lowest BCUT2D eigenvalue weighted by Crippen LogP contribution is -2.30. The zero-order valence-electron chi connectivity index (χ0n) is 13.4. The molecule has 24 heavy (non-hydrogen) atoms. The zero-order chi connectivity index (χ0) is 17.3. The predicted molar refractivity (Wildman–Crippen MR) is 93.5 cm³/mol. The highest BCUT2D eigenvalue weighted by atomic mass is 32.2. The highest BCUT2D eigenvalue weighted by Crippen LogP contribution is 2.08. The average Bonchev–Trinajstić information content (AvgIpc) is 2.58. The summed E-state index contributed by atoms with van der Waals surface area (Å²) < 4.78 is 29.4. The van der Waals surface area contributed by atoms with Gasteiger partial charge in [-0.1, -0.05) is 48.5 Å². The average molecular weight is 347 g/mol. The first-order chi connectivity index (χ1) is 11.6.